The van der Waals surface area contributed by atoms with Crippen molar-refractivity contribution >= 4 is 17.7 Å². The number of aromatic hydroxyl groups is 2. The first-order valence-electron chi connectivity index (χ1n) is 7.81. The maximum Gasteiger partial charge on any atom is 0.306 e. The van der Waals surface area contributed by atoms with Gasteiger partial charge in [0.1, 0.15) is 11.5 Å². The van der Waals surface area contributed by atoms with Gasteiger partial charge in [-0.05, 0) is 46.5 Å². The van der Waals surface area contributed by atoms with Crippen LogP contribution in [0.3, 0.4) is 0 Å². The number of aromatic nitrogens is 4. The second kappa shape index (κ2) is 7.30. The van der Waals surface area contributed by atoms with E-state index < -0.39 is 17.3 Å². The minimum absolute atomic E-state index is 0.0223. The van der Waals surface area contributed by atoms with E-state index in [2.05, 4.69) is 15.5 Å². The average Bonchev–Trinajstić information content (AvgIpc) is 2.92. The molecule has 2 rings (SSSR count). The molecule has 3 N–H and O–H groups in total. The number of aliphatic carboxylic acids is 1. The molecule has 2 aromatic rings. The van der Waals surface area contributed by atoms with Crippen molar-refractivity contribution in [3.8, 4) is 11.5 Å². The van der Waals surface area contributed by atoms with E-state index >= 15 is 0 Å². The standard InChI is InChI=1S/C16H22N4O4S/c1-9(14(23)24)5-6-16(2,3)10-7-13(12(22)8-11(10)21)25-15-17-18-19-20(15)4/h7-9,21-22H,5-6H2,1-4H3,(H,23,24). The van der Waals surface area contributed by atoms with E-state index in [4.69, 9.17) is 5.11 Å². The van der Waals surface area contributed by atoms with Crippen LogP contribution in [0.5, 0.6) is 11.5 Å². The quantitative estimate of drug-likeness (QED) is 0.683. The molecule has 136 valence electrons. The van der Waals surface area contributed by atoms with E-state index in [0.717, 1.165) is 0 Å². The summed E-state index contributed by atoms with van der Waals surface area (Å²) in [5, 5.41) is 41.1. The Bertz CT molecular complexity index is 775. The lowest BCUT2D eigenvalue weighted by Crippen LogP contribution is -2.20. The van der Waals surface area contributed by atoms with E-state index in [9.17, 15) is 15.0 Å². The van der Waals surface area contributed by atoms with Crippen LogP contribution in [-0.2, 0) is 17.3 Å². The summed E-state index contributed by atoms with van der Waals surface area (Å²) >= 11 is 1.19. The second-order valence-electron chi connectivity index (χ2n) is 6.69. The van der Waals surface area contributed by atoms with Crippen LogP contribution >= 0.6 is 11.8 Å². The van der Waals surface area contributed by atoms with Crippen LogP contribution in [0.4, 0.5) is 0 Å². The highest BCUT2D eigenvalue weighted by Gasteiger charge is 2.27. The number of phenolic OH excluding ortho intramolecular Hbond substituents is 2. The molecule has 0 amide bonds. The average molecular weight is 366 g/mol. The van der Waals surface area contributed by atoms with Crippen molar-refractivity contribution in [3.05, 3.63) is 17.7 Å². The normalized spacial score (nSPS) is 13.0. The van der Waals surface area contributed by atoms with Gasteiger partial charge in [-0.15, -0.1) is 5.10 Å². The van der Waals surface area contributed by atoms with Crippen molar-refractivity contribution in [3.63, 3.8) is 0 Å². The first-order chi connectivity index (χ1) is 11.6. The molecule has 1 heterocycles. The Morgan fingerprint density at radius 3 is 2.56 bits per heavy atom. The van der Waals surface area contributed by atoms with Crippen molar-refractivity contribution in [2.75, 3.05) is 0 Å². The van der Waals surface area contributed by atoms with Gasteiger partial charge in [-0.1, -0.05) is 20.8 Å². The van der Waals surface area contributed by atoms with Crippen LogP contribution in [0.1, 0.15) is 39.2 Å². The molecule has 0 aliphatic rings. The molecule has 0 saturated carbocycles. The second-order valence-corrected chi connectivity index (χ2v) is 7.70. The molecule has 0 aliphatic carbocycles. The van der Waals surface area contributed by atoms with Crippen molar-refractivity contribution in [1.82, 2.24) is 20.2 Å². The molecule has 0 saturated heterocycles. The number of tetrazole rings is 1. The number of carboxylic acids is 1. The molecular weight excluding hydrogens is 344 g/mol. The summed E-state index contributed by atoms with van der Waals surface area (Å²) < 4.78 is 1.48. The summed E-state index contributed by atoms with van der Waals surface area (Å²) in [6.45, 7) is 5.54. The molecule has 0 bridgehead atoms. The number of carboxylic acid groups (broad SMARTS) is 1. The first kappa shape index (κ1) is 19.0. The van der Waals surface area contributed by atoms with Gasteiger partial charge in [0.25, 0.3) is 0 Å². The van der Waals surface area contributed by atoms with Gasteiger partial charge in [-0.3, -0.25) is 4.79 Å². The van der Waals surface area contributed by atoms with Gasteiger partial charge in [0.05, 0.1) is 10.8 Å². The van der Waals surface area contributed by atoms with Gasteiger partial charge < -0.3 is 15.3 Å². The first-order valence-corrected chi connectivity index (χ1v) is 8.63. The highest BCUT2D eigenvalue weighted by molar-refractivity contribution is 7.99. The Kier molecular flexibility index (Phi) is 5.56. The minimum Gasteiger partial charge on any atom is -0.508 e. The zero-order chi connectivity index (χ0) is 18.8. The largest absolute Gasteiger partial charge is 0.508 e. The summed E-state index contributed by atoms with van der Waals surface area (Å²) in [4.78, 5) is 11.5. The Labute approximate surface area is 149 Å². The monoisotopic (exact) mass is 366 g/mol. The van der Waals surface area contributed by atoms with Crippen molar-refractivity contribution < 1.29 is 20.1 Å². The lowest BCUT2D eigenvalue weighted by Gasteiger charge is -2.27. The summed E-state index contributed by atoms with van der Waals surface area (Å²) in [6, 6.07) is 3.00. The maximum atomic E-state index is 11.0. The number of benzene rings is 1. The van der Waals surface area contributed by atoms with Crippen LogP contribution in [-0.4, -0.2) is 41.5 Å². The molecule has 0 radical (unpaired) electrons. The van der Waals surface area contributed by atoms with Gasteiger partial charge in [0, 0.05) is 18.7 Å². The summed E-state index contributed by atoms with van der Waals surface area (Å²) in [5.41, 5.74) is 0.176. The number of hydrogen-bond acceptors (Lipinski definition) is 7. The highest BCUT2D eigenvalue weighted by Crippen LogP contribution is 2.43. The van der Waals surface area contributed by atoms with E-state index in [-0.39, 0.29) is 11.5 Å². The molecule has 1 aromatic heterocycles. The number of rotatable bonds is 7. The van der Waals surface area contributed by atoms with Crippen LogP contribution in [0.2, 0.25) is 0 Å². The lowest BCUT2D eigenvalue weighted by atomic mass is 9.78. The van der Waals surface area contributed by atoms with Crippen LogP contribution < -0.4 is 0 Å². The molecule has 1 aromatic carbocycles. The zero-order valence-electron chi connectivity index (χ0n) is 14.6. The third-order valence-electron chi connectivity index (χ3n) is 4.21. The number of nitrogens with zero attached hydrogens (tertiary/aromatic N) is 4. The van der Waals surface area contributed by atoms with Crippen molar-refractivity contribution in [2.45, 2.75) is 49.1 Å². The molecule has 0 spiro atoms. The SMILES string of the molecule is CC(CCC(C)(C)c1cc(Sc2nnnn2C)c(O)cc1O)C(=O)O. The van der Waals surface area contributed by atoms with Gasteiger partial charge >= 0.3 is 5.97 Å². The smallest absolute Gasteiger partial charge is 0.306 e. The Morgan fingerprint density at radius 2 is 2.00 bits per heavy atom. The van der Waals surface area contributed by atoms with E-state index in [1.54, 1.807) is 20.0 Å². The Balaban J connectivity index is 2.29. The minimum atomic E-state index is -0.836. The molecule has 25 heavy (non-hydrogen) atoms. The fourth-order valence-electron chi connectivity index (χ4n) is 2.42. The number of hydrogen-bond donors (Lipinski definition) is 3. The summed E-state index contributed by atoms with van der Waals surface area (Å²) in [7, 11) is 1.69. The topological polar surface area (TPSA) is 121 Å². The lowest BCUT2D eigenvalue weighted by molar-refractivity contribution is -0.141. The highest BCUT2D eigenvalue weighted by atomic mass is 32.2. The molecule has 0 aliphatic heterocycles. The van der Waals surface area contributed by atoms with E-state index in [1.165, 1.54) is 22.5 Å². The number of phenols is 2. The van der Waals surface area contributed by atoms with Crippen molar-refractivity contribution in [2.24, 2.45) is 13.0 Å². The predicted octanol–water partition coefficient (Wildman–Crippen LogP) is 2.55. The molecule has 0 fully saturated rings. The fourth-order valence-corrected chi connectivity index (χ4v) is 3.21. The Hall–Kier alpha value is -2.29. The third kappa shape index (κ3) is 4.41. The summed E-state index contributed by atoms with van der Waals surface area (Å²) in [5.74, 6) is -1.39. The van der Waals surface area contributed by atoms with Crippen LogP contribution in [0.15, 0.2) is 22.2 Å². The maximum absolute atomic E-state index is 11.0. The Morgan fingerprint density at radius 1 is 1.32 bits per heavy atom. The molecule has 8 nitrogen and oxygen atoms in total. The van der Waals surface area contributed by atoms with Crippen LogP contribution in [0.25, 0.3) is 0 Å². The van der Waals surface area contributed by atoms with Gasteiger partial charge in [-0.25, -0.2) is 4.68 Å². The fraction of sp³-hybridized carbons (Fsp3) is 0.500. The molecule has 1 unspecified atom stereocenters. The van der Waals surface area contributed by atoms with Crippen LogP contribution in [0, 0.1) is 5.92 Å². The molecule has 1 atom stereocenters. The van der Waals surface area contributed by atoms with Gasteiger partial charge in [-0.2, -0.15) is 0 Å². The molecular formula is C16H22N4O4S. The summed E-state index contributed by atoms with van der Waals surface area (Å²) in [6.07, 6.45) is 1.06. The predicted molar refractivity (Wildman–Crippen MR) is 91.8 cm³/mol. The van der Waals surface area contributed by atoms with Gasteiger partial charge in [0.2, 0.25) is 5.16 Å². The number of carbonyl (C=O) groups is 1. The van der Waals surface area contributed by atoms with E-state index in [0.29, 0.717) is 28.5 Å². The number of aryl methyl sites for hydroxylation is 1. The van der Waals surface area contributed by atoms with Gasteiger partial charge in [0.15, 0.2) is 0 Å². The third-order valence-corrected chi connectivity index (χ3v) is 5.29. The van der Waals surface area contributed by atoms with E-state index in [1.807, 2.05) is 13.8 Å². The molecule has 9 heteroatoms. The zero-order valence-corrected chi connectivity index (χ0v) is 15.4. The van der Waals surface area contributed by atoms with Crippen molar-refractivity contribution in [1.29, 1.82) is 0 Å².